The van der Waals surface area contributed by atoms with Crippen LogP contribution in [0.3, 0.4) is 0 Å². The van der Waals surface area contributed by atoms with E-state index >= 15 is 0 Å². The van der Waals surface area contributed by atoms with E-state index in [1.807, 2.05) is 12.1 Å². The summed E-state index contributed by atoms with van der Waals surface area (Å²) in [5.41, 5.74) is 0.658. The Morgan fingerprint density at radius 1 is 1.25 bits per heavy atom. The molecule has 1 N–H and O–H groups in total. The van der Waals surface area contributed by atoms with Crippen molar-refractivity contribution in [2.24, 2.45) is 5.92 Å². The maximum absolute atomic E-state index is 12.3. The van der Waals surface area contributed by atoms with E-state index in [0.717, 1.165) is 25.7 Å². The normalized spacial score (nSPS) is 19.1. The molecule has 2 fully saturated rings. The molecule has 1 heterocycles. The van der Waals surface area contributed by atoms with Crippen LogP contribution < -0.4 is 10.1 Å². The van der Waals surface area contributed by atoms with Crippen LogP contribution in [0.4, 0.5) is 10.5 Å². The van der Waals surface area contributed by atoms with E-state index < -0.39 is 0 Å². The monoisotopic (exact) mass is 347 g/mol. The largest absolute Gasteiger partial charge is 0.489 e. The van der Waals surface area contributed by atoms with Gasteiger partial charge in [0.1, 0.15) is 5.75 Å². The van der Waals surface area contributed by atoms with Crippen LogP contribution in [0.25, 0.3) is 0 Å². The van der Waals surface area contributed by atoms with Crippen LogP contribution in [-0.2, 0) is 0 Å². The molecule has 0 bridgehead atoms. The Labute approximate surface area is 147 Å². The summed E-state index contributed by atoms with van der Waals surface area (Å²) in [6.45, 7) is 1.22. The minimum atomic E-state index is -0.146. The molecule has 3 rings (SSSR count). The van der Waals surface area contributed by atoms with Crippen molar-refractivity contribution in [2.45, 2.75) is 44.6 Å². The molecule has 1 aromatic carbocycles. The number of nitrogens with one attached hydrogen (secondary N) is 1. The van der Waals surface area contributed by atoms with Crippen molar-refractivity contribution >= 4 is 23.3 Å². The van der Waals surface area contributed by atoms with Crippen LogP contribution in [0.5, 0.6) is 5.75 Å². The maximum atomic E-state index is 12.3. The molecule has 24 heavy (non-hydrogen) atoms. The van der Waals surface area contributed by atoms with Crippen LogP contribution in [0.15, 0.2) is 18.2 Å². The summed E-state index contributed by atoms with van der Waals surface area (Å²) in [4.78, 5) is 14.0. The summed E-state index contributed by atoms with van der Waals surface area (Å²) in [6.07, 6.45) is 6.29. The fourth-order valence-electron chi connectivity index (χ4n) is 3.27. The SMILES string of the molecule is N#CC1CCN(C(=O)Nc2ccc(OC3CCCC3)c(Cl)c2)CC1. The van der Waals surface area contributed by atoms with Crippen molar-refractivity contribution in [3.05, 3.63) is 23.2 Å². The second-order valence-electron chi connectivity index (χ2n) is 6.49. The summed E-state index contributed by atoms with van der Waals surface area (Å²) in [5.74, 6) is 0.743. The van der Waals surface area contributed by atoms with E-state index in [0.29, 0.717) is 29.5 Å². The van der Waals surface area contributed by atoms with Crippen LogP contribution in [-0.4, -0.2) is 30.1 Å². The summed E-state index contributed by atoms with van der Waals surface area (Å²) >= 11 is 6.29. The molecule has 1 saturated carbocycles. The summed E-state index contributed by atoms with van der Waals surface area (Å²) in [6, 6.07) is 7.48. The fraction of sp³-hybridized carbons (Fsp3) is 0.556. The molecule has 0 radical (unpaired) electrons. The van der Waals surface area contributed by atoms with Crippen LogP contribution in [0, 0.1) is 17.2 Å². The molecule has 0 unspecified atom stereocenters. The predicted octanol–water partition coefficient (Wildman–Crippen LogP) is 4.43. The Balaban J connectivity index is 1.56. The first-order chi connectivity index (χ1) is 11.7. The number of benzene rings is 1. The Morgan fingerprint density at radius 2 is 1.96 bits per heavy atom. The first kappa shape index (κ1) is 16.9. The molecule has 128 valence electrons. The van der Waals surface area contributed by atoms with Gasteiger partial charge < -0.3 is 15.0 Å². The fourth-order valence-corrected chi connectivity index (χ4v) is 3.50. The van der Waals surface area contributed by atoms with Crippen molar-refractivity contribution in [3.63, 3.8) is 0 Å². The lowest BCUT2D eigenvalue weighted by Gasteiger charge is -2.29. The molecule has 5 nitrogen and oxygen atoms in total. The number of anilines is 1. The molecular weight excluding hydrogens is 326 g/mol. The van der Waals surface area contributed by atoms with Gasteiger partial charge in [0.2, 0.25) is 0 Å². The topological polar surface area (TPSA) is 65.4 Å². The number of nitrogens with zero attached hydrogens (tertiary/aromatic N) is 2. The number of carbonyl (C=O) groups is 1. The predicted molar refractivity (Wildman–Crippen MR) is 93.3 cm³/mol. The maximum Gasteiger partial charge on any atom is 0.321 e. The Bertz CT molecular complexity index is 630. The molecule has 1 aliphatic heterocycles. The van der Waals surface area contributed by atoms with Crippen LogP contribution >= 0.6 is 11.6 Å². The van der Waals surface area contributed by atoms with Crippen molar-refractivity contribution in [1.29, 1.82) is 5.26 Å². The van der Waals surface area contributed by atoms with Crippen molar-refractivity contribution in [1.82, 2.24) is 4.90 Å². The van der Waals surface area contributed by atoms with Gasteiger partial charge in [0.15, 0.2) is 0 Å². The van der Waals surface area contributed by atoms with E-state index in [4.69, 9.17) is 21.6 Å². The molecule has 2 aliphatic rings. The standard InChI is InChI=1S/C18H22ClN3O2/c19-16-11-14(5-6-17(16)24-15-3-1-2-4-15)21-18(23)22-9-7-13(12-20)8-10-22/h5-6,11,13,15H,1-4,7-10H2,(H,21,23). The lowest BCUT2D eigenvalue weighted by atomic mass is 9.99. The van der Waals surface area contributed by atoms with Gasteiger partial charge in [-0.3, -0.25) is 0 Å². The number of urea groups is 1. The number of likely N-dealkylation sites (tertiary alicyclic amines) is 1. The molecule has 0 aromatic heterocycles. The zero-order chi connectivity index (χ0) is 16.9. The smallest absolute Gasteiger partial charge is 0.321 e. The Kier molecular flexibility index (Phi) is 5.47. The number of amides is 2. The van der Waals surface area contributed by atoms with Gasteiger partial charge in [-0.05, 0) is 56.7 Å². The van der Waals surface area contributed by atoms with E-state index in [2.05, 4.69) is 11.4 Å². The van der Waals surface area contributed by atoms with E-state index in [1.54, 1.807) is 11.0 Å². The third kappa shape index (κ3) is 4.12. The summed E-state index contributed by atoms with van der Waals surface area (Å²) < 4.78 is 5.92. The third-order valence-corrected chi connectivity index (χ3v) is 5.04. The third-order valence-electron chi connectivity index (χ3n) is 4.74. The molecular formula is C18H22ClN3O2. The highest BCUT2D eigenvalue weighted by molar-refractivity contribution is 6.32. The first-order valence-corrected chi connectivity index (χ1v) is 8.95. The van der Waals surface area contributed by atoms with E-state index in [-0.39, 0.29) is 18.1 Å². The Hall–Kier alpha value is -1.93. The highest BCUT2D eigenvalue weighted by Gasteiger charge is 2.23. The van der Waals surface area contributed by atoms with Crippen LogP contribution in [0.2, 0.25) is 5.02 Å². The highest BCUT2D eigenvalue weighted by atomic mass is 35.5. The number of carbonyl (C=O) groups excluding carboxylic acids is 1. The molecule has 6 heteroatoms. The lowest BCUT2D eigenvalue weighted by Crippen LogP contribution is -2.40. The van der Waals surface area contributed by atoms with E-state index in [9.17, 15) is 4.79 Å². The lowest BCUT2D eigenvalue weighted by molar-refractivity contribution is 0.192. The van der Waals surface area contributed by atoms with Crippen LogP contribution in [0.1, 0.15) is 38.5 Å². The number of rotatable bonds is 3. The van der Waals surface area contributed by atoms with Crippen molar-refractivity contribution in [3.8, 4) is 11.8 Å². The van der Waals surface area contributed by atoms with Gasteiger partial charge in [-0.25, -0.2) is 4.79 Å². The summed E-state index contributed by atoms with van der Waals surface area (Å²) in [5, 5.41) is 12.3. The van der Waals surface area contributed by atoms with Gasteiger partial charge in [0, 0.05) is 24.7 Å². The quantitative estimate of drug-likeness (QED) is 0.879. The van der Waals surface area contributed by atoms with E-state index in [1.165, 1.54) is 12.8 Å². The molecule has 0 atom stereocenters. The summed E-state index contributed by atoms with van der Waals surface area (Å²) in [7, 11) is 0. The highest BCUT2D eigenvalue weighted by Crippen LogP contribution is 2.32. The molecule has 0 spiro atoms. The number of hydrogen-bond acceptors (Lipinski definition) is 3. The Morgan fingerprint density at radius 3 is 2.58 bits per heavy atom. The molecule has 1 aromatic rings. The minimum Gasteiger partial charge on any atom is -0.489 e. The number of halogens is 1. The van der Waals surface area contributed by atoms with Gasteiger partial charge in [-0.1, -0.05) is 11.6 Å². The molecule has 1 saturated heterocycles. The van der Waals surface area contributed by atoms with Gasteiger partial charge in [0.25, 0.3) is 0 Å². The molecule has 2 amide bonds. The average molecular weight is 348 g/mol. The zero-order valence-corrected chi connectivity index (χ0v) is 14.4. The first-order valence-electron chi connectivity index (χ1n) is 8.57. The van der Waals surface area contributed by atoms with Gasteiger partial charge in [-0.15, -0.1) is 0 Å². The zero-order valence-electron chi connectivity index (χ0n) is 13.6. The number of hydrogen-bond donors (Lipinski definition) is 1. The number of piperidine rings is 1. The average Bonchev–Trinajstić information content (AvgIpc) is 3.10. The second-order valence-corrected chi connectivity index (χ2v) is 6.90. The minimum absolute atomic E-state index is 0.0653. The van der Waals surface area contributed by atoms with Gasteiger partial charge in [-0.2, -0.15) is 5.26 Å². The van der Waals surface area contributed by atoms with Gasteiger partial charge in [0.05, 0.1) is 17.2 Å². The van der Waals surface area contributed by atoms with Gasteiger partial charge >= 0.3 is 6.03 Å². The second kappa shape index (κ2) is 7.76. The van der Waals surface area contributed by atoms with Crippen molar-refractivity contribution in [2.75, 3.05) is 18.4 Å². The van der Waals surface area contributed by atoms with Crippen molar-refractivity contribution < 1.29 is 9.53 Å². The number of nitriles is 1. The molecule has 1 aliphatic carbocycles. The number of ether oxygens (including phenoxy) is 1.